The Labute approximate surface area is 171 Å². The monoisotopic (exact) mass is 410 g/mol. The molecule has 0 aliphatic carbocycles. The number of halogens is 1. The molecule has 2 aromatic heterocycles. The second kappa shape index (κ2) is 7.54. The molecule has 4 rings (SSSR count). The van der Waals surface area contributed by atoms with E-state index in [1.54, 1.807) is 13.0 Å². The Bertz CT molecular complexity index is 1150. The molecule has 3 aromatic rings. The number of nitrogens with zero attached hydrogens (tertiary/aromatic N) is 4. The van der Waals surface area contributed by atoms with Gasteiger partial charge in [-0.2, -0.15) is 0 Å². The average Bonchev–Trinajstić information content (AvgIpc) is 2.72. The predicted molar refractivity (Wildman–Crippen MR) is 106 cm³/mol. The van der Waals surface area contributed by atoms with Gasteiger partial charge in [-0.05, 0) is 24.6 Å². The SMILES string of the molecule is COc1ncc(-c2cc(F)ccc2[C@H]2Cc3nc(N)nc(C)c3C(=O)N2)nc1OC. The number of nitrogens with two attached hydrogens (primary N) is 1. The van der Waals surface area contributed by atoms with Gasteiger partial charge < -0.3 is 20.5 Å². The smallest absolute Gasteiger partial charge is 0.278 e. The first-order valence-corrected chi connectivity index (χ1v) is 9.10. The fraction of sp³-hybridized carbons (Fsp3) is 0.250. The van der Waals surface area contributed by atoms with E-state index in [-0.39, 0.29) is 23.6 Å². The number of rotatable bonds is 4. The number of benzene rings is 1. The van der Waals surface area contributed by atoms with Gasteiger partial charge in [0, 0.05) is 12.0 Å². The van der Waals surface area contributed by atoms with Gasteiger partial charge in [0.2, 0.25) is 5.95 Å². The molecule has 1 amide bonds. The highest BCUT2D eigenvalue weighted by molar-refractivity contribution is 5.98. The quantitative estimate of drug-likeness (QED) is 0.669. The molecule has 0 saturated heterocycles. The molecule has 1 aromatic carbocycles. The van der Waals surface area contributed by atoms with Crippen molar-refractivity contribution in [2.75, 3.05) is 20.0 Å². The van der Waals surface area contributed by atoms with E-state index >= 15 is 0 Å². The van der Waals surface area contributed by atoms with E-state index in [4.69, 9.17) is 15.2 Å². The van der Waals surface area contributed by atoms with E-state index in [1.165, 1.54) is 32.5 Å². The number of carbonyl (C=O) groups excluding carboxylic acids is 1. The molecule has 3 heterocycles. The Hall–Kier alpha value is -3.82. The maximum atomic E-state index is 14.1. The van der Waals surface area contributed by atoms with Crippen molar-refractivity contribution in [1.29, 1.82) is 0 Å². The van der Waals surface area contributed by atoms with Gasteiger partial charge in [-0.3, -0.25) is 4.79 Å². The van der Waals surface area contributed by atoms with Crippen molar-refractivity contribution in [3.63, 3.8) is 0 Å². The largest absolute Gasteiger partial charge is 0.477 e. The highest BCUT2D eigenvalue weighted by Gasteiger charge is 2.31. The topological polar surface area (TPSA) is 125 Å². The maximum absolute atomic E-state index is 14.1. The Morgan fingerprint density at radius 1 is 1.17 bits per heavy atom. The normalized spacial score (nSPS) is 15.3. The van der Waals surface area contributed by atoms with Crippen molar-refractivity contribution in [3.8, 4) is 23.0 Å². The number of hydrogen-bond donors (Lipinski definition) is 2. The number of nitrogen functional groups attached to an aromatic ring is 1. The fourth-order valence-corrected chi connectivity index (χ4v) is 3.58. The molecule has 3 N–H and O–H groups in total. The molecule has 0 saturated carbocycles. The number of anilines is 1. The molecule has 0 radical (unpaired) electrons. The van der Waals surface area contributed by atoms with Gasteiger partial charge in [-0.15, -0.1) is 0 Å². The minimum absolute atomic E-state index is 0.102. The number of methoxy groups -OCH3 is 2. The maximum Gasteiger partial charge on any atom is 0.278 e. The molecule has 0 spiro atoms. The number of amides is 1. The lowest BCUT2D eigenvalue weighted by Gasteiger charge is -2.27. The molecule has 0 fully saturated rings. The first-order chi connectivity index (χ1) is 14.4. The summed E-state index contributed by atoms with van der Waals surface area (Å²) in [6.45, 7) is 1.71. The highest BCUT2D eigenvalue weighted by atomic mass is 19.1. The van der Waals surface area contributed by atoms with E-state index < -0.39 is 11.9 Å². The van der Waals surface area contributed by atoms with Crippen LogP contribution in [-0.2, 0) is 6.42 Å². The van der Waals surface area contributed by atoms with Crippen LogP contribution in [0.25, 0.3) is 11.3 Å². The summed E-state index contributed by atoms with van der Waals surface area (Å²) in [5, 5.41) is 2.94. The third-order valence-corrected chi connectivity index (χ3v) is 4.87. The van der Waals surface area contributed by atoms with Crippen molar-refractivity contribution in [2.45, 2.75) is 19.4 Å². The average molecular weight is 410 g/mol. The molecule has 10 heteroatoms. The number of carbonyl (C=O) groups is 1. The van der Waals surface area contributed by atoms with E-state index in [0.29, 0.717) is 40.2 Å². The molecule has 0 unspecified atom stereocenters. The lowest BCUT2D eigenvalue weighted by molar-refractivity contribution is 0.0922. The van der Waals surface area contributed by atoms with Crippen LogP contribution in [-0.4, -0.2) is 40.1 Å². The lowest BCUT2D eigenvalue weighted by Crippen LogP contribution is -2.37. The van der Waals surface area contributed by atoms with Crippen LogP contribution in [0.4, 0.5) is 10.3 Å². The minimum Gasteiger partial charge on any atom is -0.477 e. The molecule has 1 aliphatic heterocycles. The van der Waals surface area contributed by atoms with Crippen molar-refractivity contribution >= 4 is 11.9 Å². The van der Waals surface area contributed by atoms with E-state index in [1.807, 2.05) is 0 Å². The van der Waals surface area contributed by atoms with Crippen LogP contribution >= 0.6 is 0 Å². The van der Waals surface area contributed by atoms with Gasteiger partial charge in [0.1, 0.15) is 5.82 Å². The van der Waals surface area contributed by atoms with Gasteiger partial charge in [-0.25, -0.2) is 24.3 Å². The third-order valence-electron chi connectivity index (χ3n) is 4.87. The van der Waals surface area contributed by atoms with Crippen LogP contribution in [0, 0.1) is 12.7 Å². The van der Waals surface area contributed by atoms with Crippen molar-refractivity contribution in [3.05, 3.63) is 52.7 Å². The number of fused-ring (bicyclic) bond motifs is 1. The number of aryl methyl sites for hydroxylation is 1. The zero-order chi connectivity index (χ0) is 21.4. The Balaban J connectivity index is 1.81. The predicted octanol–water partition coefficient (Wildman–Crippen LogP) is 2.01. The Kier molecular flexibility index (Phi) is 4.90. The van der Waals surface area contributed by atoms with Gasteiger partial charge in [0.25, 0.3) is 17.7 Å². The molecule has 1 atom stereocenters. The van der Waals surface area contributed by atoms with Crippen LogP contribution in [0.1, 0.15) is 33.4 Å². The molecular formula is C20H19FN6O3. The van der Waals surface area contributed by atoms with Crippen LogP contribution in [0.2, 0.25) is 0 Å². The van der Waals surface area contributed by atoms with Crippen LogP contribution in [0.15, 0.2) is 24.4 Å². The zero-order valence-electron chi connectivity index (χ0n) is 16.6. The molecule has 1 aliphatic rings. The summed E-state index contributed by atoms with van der Waals surface area (Å²) in [4.78, 5) is 29.6. The first kappa shape index (κ1) is 19.5. The first-order valence-electron chi connectivity index (χ1n) is 9.10. The number of aromatic nitrogens is 4. The summed E-state index contributed by atoms with van der Waals surface area (Å²) in [5.41, 5.74) is 8.74. The van der Waals surface area contributed by atoms with Crippen LogP contribution in [0.3, 0.4) is 0 Å². The molecule has 9 nitrogen and oxygen atoms in total. The Morgan fingerprint density at radius 2 is 1.93 bits per heavy atom. The molecule has 30 heavy (non-hydrogen) atoms. The number of ether oxygens (including phenoxy) is 2. The molecular weight excluding hydrogens is 391 g/mol. The van der Waals surface area contributed by atoms with Crippen molar-refractivity contribution in [2.24, 2.45) is 0 Å². The summed E-state index contributed by atoms with van der Waals surface area (Å²) in [7, 11) is 2.89. The van der Waals surface area contributed by atoms with Crippen molar-refractivity contribution < 1.29 is 18.7 Å². The van der Waals surface area contributed by atoms with Gasteiger partial charge in [0.15, 0.2) is 0 Å². The van der Waals surface area contributed by atoms with Gasteiger partial charge >= 0.3 is 0 Å². The lowest BCUT2D eigenvalue weighted by atomic mass is 9.90. The summed E-state index contributed by atoms with van der Waals surface area (Å²) in [5.74, 6) is -0.284. The summed E-state index contributed by atoms with van der Waals surface area (Å²) in [6, 6.07) is 3.81. The minimum atomic E-state index is -0.468. The number of hydrogen-bond acceptors (Lipinski definition) is 8. The van der Waals surface area contributed by atoms with E-state index in [0.717, 1.165) is 0 Å². The van der Waals surface area contributed by atoms with Crippen molar-refractivity contribution in [1.82, 2.24) is 25.3 Å². The standard InChI is InChI=1S/C20H19FN6O3/c1-9-16-14(27-20(22)24-9)7-13(25-17(16)28)11-5-4-10(21)6-12(11)15-8-23-18(29-2)19(26-15)30-3/h4-6,8,13H,7H2,1-3H3,(H,25,28)(H2,22,24,27)/t13-/m1/s1. The summed E-state index contributed by atoms with van der Waals surface area (Å²) in [6.07, 6.45) is 1.83. The highest BCUT2D eigenvalue weighted by Crippen LogP contribution is 2.34. The fourth-order valence-electron chi connectivity index (χ4n) is 3.58. The van der Waals surface area contributed by atoms with Gasteiger partial charge in [-0.1, -0.05) is 6.07 Å². The van der Waals surface area contributed by atoms with E-state index in [2.05, 4.69) is 25.3 Å². The zero-order valence-corrected chi connectivity index (χ0v) is 16.6. The second-order valence-electron chi connectivity index (χ2n) is 6.72. The third kappa shape index (κ3) is 3.36. The number of nitrogens with one attached hydrogen (secondary N) is 1. The van der Waals surface area contributed by atoms with E-state index in [9.17, 15) is 9.18 Å². The van der Waals surface area contributed by atoms with Crippen LogP contribution in [0.5, 0.6) is 11.8 Å². The Morgan fingerprint density at radius 3 is 2.67 bits per heavy atom. The second-order valence-corrected chi connectivity index (χ2v) is 6.72. The molecule has 154 valence electrons. The summed E-state index contributed by atoms with van der Waals surface area (Å²) >= 11 is 0. The molecule has 0 bridgehead atoms. The van der Waals surface area contributed by atoms with Gasteiger partial charge in [0.05, 0.1) is 49.1 Å². The summed E-state index contributed by atoms with van der Waals surface area (Å²) < 4.78 is 24.4. The van der Waals surface area contributed by atoms with Crippen LogP contribution < -0.4 is 20.5 Å².